The number of halogens is 1. The first-order valence-corrected chi connectivity index (χ1v) is 6.25. The van der Waals surface area contributed by atoms with Gasteiger partial charge in [-0.2, -0.15) is 0 Å². The van der Waals surface area contributed by atoms with Crippen LogP contribution in [-0.2, 0) is 0 Å². The van der Waals surface area contributed by atoms with Gasteiger partial charge >= 0.3 is 0 Å². The smallest absolute Gasteiger partial charge is 0.0460 e. The minimum atomic E-state index is 1.19. The van der Waals surface area contributed by atoms with Gasteiger partial charge in [-0.1, -0.05) is 36.4 Å². The van der Waals surface area contributed by atoms with Crippen LogP contribution in [-0.4, -0.2) is 4.98 Å². The zero-order valence-corrected chi connectivity index (χ0v) is 10.7. The van der Waals surface area contributed by atoms with Crippen molar-refractivity contribution in [3.63, 3.8) is 0 Å². The lowest BCUT2D eigenvalue weighted by Crippen LogP contribution is -1.79. The minimum Gasteiger partial charge on any atom is -0.361 e. The maximum Gasteiger partial charge on any atom is 0.0460 e. The standard InChI is InChI=1S/C14H10IN/c15-13-7-3-1-5-10(13)12-9-16-14-8-4-2-6-11(12)14/h1-9,16H. The number of aromatic nitrogens is 1. The molecule has 3 aromatic rings. The zero-order valence-electron chi connectivity index (χ0n) is 8.57. The van der Waals surface area contributed by atoms with Crippen LogP contribution in [0.4, 0.5) is 0 Å². The van der Waals surface area contributed by atoms with Crippen molar-refractivity contribution >= 4 is 33.5 Å². The lowest BCUT2D eigenvalue weighted by Gasteiger charge is -2.02. The fraction of sp³-hybridized carbons (Fsp3) is 0. The van der Waals surface area contributed by atoms with Crippen LogP contribution >= 0.6 is 22.6 Å². The number of hydrogen-bond donors (Lipinski definition) is 1. The third kappa shape index (κ3) is 1.53. The van der Waals surface area contributed by atoms with E-state index in [0.717, 1.165) is 0 Å². The molecule has 0 unspecified atom stereocenters. The SMILES string of the molecule is Ic1ccccc1-c1c[nH]c2ccccc12. The summed E-state index contributed by atoms with van der Waals surface area (Å²) < 4.78 is 1.28. The summed E-state index contributed by atoms with van der Waals surface area (Å²) in [5, 5.41) is 1.28. The van der Waals surface area contributed by atoms with E-state index in [1.165, 1.54) is 25.6 Å². The molecule has 0 aliphatic carbocycles. The van der Waals surface area contributed by atoms with Crippen LogP contribution in [0.2, 0.25) is 0 Å². The Balaban J connectivity index is 2.31. The largest absolute Gasteiger partial charge is 0.361 e. The highest BCUT2D eigenvalue weighted by atomic mass is 127. The van der Waals surface area contributed by atoms with Crippen LogP contribution in [0.3, 0.4) is 0 Å². The molecule has 16 heavy (non-hydrogen) atoms. The molecule has 0 atom stereocenters. The van der Waals surface area contributed by atoms with Crippen LogP contribution in [0.25, 0.3) is 22.0 Å². The van der Waals surface area contributed by atoms with E-state index in [2.05, 4.69) is 82.3 Å². The third-order valence-electron chi connectivity index (χ3n) is 2.75. The molecular weight excluding hydrogens is 309 g/mol. The highest BCUT2D eigenvalue weighted by molar-refractivity contribution is 14.1. The van der Waals surface area contributed by atoms with Gasteiger partial charge in [0.2, 0.25) is 0 Å². The number of rotatable bonds is 1. The van der Waals surface area contributed by atoms with Crippen molar-refractivity contribution in [1.29, 1.82) is 0 Å². The van der Waals surface area contributed by atoms with Crippen LogP contribution in [0.5, 0.6) is 0 Å². The molecular formula is C14H10IN. The van der Waals surface area contributed by atoms with Crippen molar-refractivity contribution in [3.05, 3.63) is 58.3 Å². The first kappa shape index (κ1) is 9.90. The molecule has 0 amide bonds. The summed E-state index contributed by atoms with van der Waals surface area (Å²) in [6.45, 7) is 0. The first-order valence-electron chi connectivity index (χ1n) is 5.17. The molecule has 0 aliphatic heterocycles. The van der Waals surface area contributed by atoms with E-state index in [0.29, 0.717) is 0 Å². The molecule has 0 fully saturated rings. The van der Waals surface area contributed by atoms with E-state index >= 15 is 0 Å². The average molecular weight is 319 g/mol. The minimum absolute atomic E-state index is 1.19. The quantitative estimate of drug-likeness (QED) is 0.638. The fourth-order valence-corrected chi connectivity index (χ4v) is 2.65. The van der Waals surface area contributed by atoms with Crippen molar-refractivity contribution in [2.75, 3.05) is 0 Å². The second-order valence-corrected chi connectivity index (χ2v) is 4.89. The van der Waals surface area contributed by atoms with Crippen molar-refractivity contribution in [3.8, 4) is 11.1 Å². The topological polar surface area (TPSA) is 15.8 Å². The molecule has 1 nitrogen and oxygen atoms in total. The van der Waals surface area contributed by atoms with Crippen LogP contribution in [0.15, 0.2) is 54.7 Å². The monoisotopic (exact) mass is 319 g/mol. The second kappa shape index (κ2) is 3.94. The number of aromatic amines is 1. The summed E-state index contributed by atoms with van der Waals surface area (Å²) in [6.07, 6.45) is 2.09. The molecule has 0 aliphatic rings. The number of hydrogen-bond acceptors (Lipinski definition) is 0. The maximum atomic E-state index is 3.31. The summed E-state index contributed by atoms with van der Waals surface area (Å²) in [6, 6.07) is 16.8. The van der Waals surface area contributed by atoms with Gasteiger partial charge in [0.05, 0.1) is 0 Å². The Morgan fingerprint density at radius 1 is 0.812 bits per heavy atom. The van der Waals surface area contributed by atoms with E-state index in [1.54, 1.807) is 0 Å². The van der Waals surface area contributed by atoms with Gasteiger partial charge in [0, 0.05) is 26.2 Å². The molecule has 0 saturated heterocycles. The normalized spacial score (nSPS) is 10.8. The van der Waals surface area contributed by atoms with Crippen molar-refractivity contribution < 1.29 is 0 Å². The van der Waals surface area contributed by atoms with E-state index in [-0.39, 0.29) is 0 Å². The highest BCUT2D eigenvalue weighted by Crippen LogP contribution is 2.31. The van der Waals surface area contributed by atoms with Crippen LogP contribution in [0.1, 0.15) is 0 Å². The number of nitrogens with one attached hydrogen (secondary N) is 1. The molecule has 78 valence electrons. The van der Waals surface area contributed by atoms with Crippen molar-refractivity contribution in [2.24, 2.45) is 0 Å². The zero-order chi connectivity index (χ0) is 11.0. The molecule has 2 heteroatoms. The molecule has 1 N–H and O–H groups in total. The summed E-state index contributed by atoms with van der Waals surface area (Å²) in [5.41, 5.74) is 3.76. The highest BCUT2D eigenvalue weighted by Gasteiger charge is 2.07. The molecule has 0 bridgehead atoms. The molecule has 3 rings (SSSR count). The Kier molecular flexibility index (Phi) is 2.44. The Bertz CT molecular complexity index is 640. The number of fused-ring (bicyclic) bond motifs is 1. The average Bonchev–Trinajstić information content (AvgIpc) is 2.74. The number of H-pyrrole nitrogens is 1. The van der Waals surface area contributed by atoms with Gasteiger partial charge in [0.1, 0.15) is 0 Å². The molecule has 1 heterocycles. The van der Waals surface area contributed by atoms with E-state index in [4.69, 9.17) is 0 Å². The van der Waals surface area contributed by atoms with Gasteiger partial charge in [-0.25, -0.2) is 0 Å². The van der Waals surface area contributed by atoms with Gasteiger partial charge < -0.3 is 4.98 Å². The van der Waals surface area contributed by atoms with Gasteiger partial charge in [0.25, 0.3) is 0 Å². The van der Waals surface area contributed by atoms with E-state index in [1.807, 2.05) is 0 Å². The third-order valence-corrected chi connectivity index (χ3v) is 3.69. The summed E-state index contributed by atoms with van der Waals surface area (Å²) in [7, 11) is 0. The van der Waals surface area contributed by atoms with Gasteiger partial charge in [-0.15, -0.1) is 0 Å². The number of benzene rings is 2. The lowest BCUT2D eigenvalue weighted by atomic mass is 10.1. The van der Waals surface area contributed by atoms with Gasteiger partial charge in [0.15, 0.2) is 0 Å². The summed E-state index contributed by atoms with van der Waals surface area (Å²) >= 11 is 2.38. The maximum absolute atomic E-state index is 3.31. The Morgan fingerprint density at radius 2 is 1.56 bits per heavy atom. The van der Waals surface area contributed by atoms with E-state index in [9.17, 15) is 0 Å². The molecule has 0 spiro atoms. The first-order chi connectivity index (χ1) is 7.86. The van der Waals surface area contributed by atoms with Crippen LogP contribution in [0, 0.1) is 3.57 Å². The van der Waals surface area contributed by atoms with Crippen LogP contribution < -0.4 is 0 Å². The van der Waals surface area contributed by atoms with E-state index < -0.39 is 0 Å². The Morgan fingerprint density at radius 3 is 2.44 bits per heavy atom. The summed E-state index contributed by atoms with van der Waals surface area (Å²) in [5.74, 6) is 0. The summed E-state index contributed by atoms with van der Waals surface area (Å²) in [4.78, 5) is 3.31. The fourth-order valence-electron chi connectivity index (χ4n) is 1.97. The molecule has 0 saturated carbocycles. The van der Waals surface area contributed by atoms with Crippen molar-refractivity contribution in [2.45, 2.75) is 0 Å². The molecule has 2 aromatic carbocycles. The second-order valence-electron chi connectivity index (χ2n) is 3.73. The Hall–Kier alpha value is -1.29. The predicted molar refractivity (Wildman–Crippen MR) is 76.5 cm³/mol. The number of para-hydroxylation sites is 1. The molecule has 0 radical (unpaired) electrons. The predicted octanol–water partition coefficient (Wildman–Crippen LogP) is 4.44. The van der Waals surface area contributed by atoms with Crippen molar-refractivity contribution in [1.82, 2.24) is 4.98 Å². The van der Waals surface area contributed by atoms with Gasteiger partial charge in [-0.05, 0) is 40.3 Å². The van der Waals surface area contributed by atoms with Gasteiger partial charge in [-0.3, -0.25) is 0 Å². The molecule has 1 aromatic heterocycles. The lowest BCUT2D eigenvalue weighted by molar-refractivity contribution is 1.47. The Labute approximate surface area is 108 Å².